The van der Waals surface area contributed by atoms with Crippen LogP contribution in [0.1, 0.15) is 75.1 Å². The van der Waals surface area contributed by atoms with Crippen molar-refractivity contribution >= 4 is 11.9 Å². The van der Waals surface area contributed by atoms with Crippen LogP contribution in [0.4, 0.5) is 13.2 Å². The predicted molar refractivity (Wildman–Crippen MR) is 163 cm³/mol. The second-order valence-corrected chi connectivity index (χ2v) is 14.1. The number of nitrogens with zero attached hydrogens (tertiary/aromatic N) is 2. The first-order valence-corrected chi connectivity index (χ1v) is 16.3. The monoisotopic (exact) mass is 636 g/mol. The molecule has 1 spiro atoms. The molecule has 0 aromatic heterocycles. The second-order valence-electron chi connectivity index (χ2n) is 14.1. The van der Waals surface area contributed by atoms with E-state index < -0.39 is 35.1 Å². The fourth-order valence-electron chi connectivity index (χ4n) is 8.76. The molecule has 3 fully saturated rings. The third-order valence-corrected chi connectivity index (χ3v) is 10.7. The van der Waals surface area contributed by atoms with Gasteiger partial charge in [-0.2, -0.15) is 13.2 Å². The van der Waals surface area contributed by atoms with Gasteiger partial charge in [-0.25, -0.2) is 0 Å². The van der Waals surface area contributed by atoms with Crippen LogP contribution in [0.5, 0.6) is 17.2 Å². The zero-order valence-electron chi connectivity index (χ0n) is 26.3. The number of amides is 1. The molecule has 7 nitrogen and oxygen atoms in total. The lowest BCUT2D eigenvalue weighted by Crippen LogP contribution is -2.69. The summed E-state index contributed by atoms with van der Waals surface area (Å²) in [6.45, 7) is 7.74. The molecule has 1 amide bonds. The summed E-state index contributed by atoms with van der Waals surface area (Å²) in [6.07, 6.45) is 0.677. The molecule has 3 aliphatic carbocycles. The van der Waals surface area contributed by atoms with E-state index in [9.17, 15) is 27.9 Å². The van der Waals surface area contributed by atoms with Crippen molar-refractivity contribution in [1.82, 2.24) is 9.80 Å². The number of aromatic hydroxyl groups is 1. The van der Waals surface area contributed by atoms with Gasteiger partial charge in [0.15, 0.2) is 11.5 Å². The SMILES string of the molecule is CC(=O)Oc1cc(O)c2c3c1O[C@H]1[C@H](N(CC(C)C)C(=O)C#Cc4ccc(C(F)(F)F)cc4)CC[C@H]4[C@@H](C2)N(CC2CC2)CC[C@@]341. The Balaban J connectivity index is 1.27. The molecule has 2 heterocycles. The molecule has 0 unspecified atom stereocenters. The summed E-state index contributed by atoms with van der Waals surface area (Å²) in [5, 5.41) is 11.3. The number of hydrogen-bond donors (Lipinski definition) is 1. The summed E-state index contributed by atoms with van der Waals surface area (Å²) in [5.41, 5.74) is 0.855. The summed E-state index contributed by atoms with van der Waals surface area (Å²) in [6, 6.07) is 5.87. The zero-order valence-corrected chi connectivity index (χ0v) is 26.3. The number of benzene rings is 2. The standard InChI is InChI=1S/C36H39F3N2O5/c1-20(2)18-41(31(44)13-8-22-6-9-24(10-7-22)36(37,38)39)27-12-11-26-28-16-25-29(43)17-30(45-21(3)42)33-32(25)35(26,34(27)46-33)14-15-40(28)19-23-4-5-23/h6-7,9-10,17,20,23,26-28,34,43H,4-5,11-12,14-16,18-19H2,1-3H3/t26-,27+,28+,34-,35-/m0/s1. The second kappa shape index (κ2) is 11.2. The lowest BCUT2D eigenvalue weighted by molar-refractivity contribution is -0.138. The minimum atomic E-state index is -4.45. The Morgan fingerprint density at radius 3 is 2.57 bits per heavy atom. The largest absolute Gasteiger partial charge is 0.508 e. The van der Waals surface area contributed by atoms with E-state index in [0.717, 1.165) is 55.1 Å². The number of ether oxygens (including phenoxy) is 2. The molecule has 2 aromatic rings. The first-order chi connectivity index (χ1) is 21.9. The maximum Gasteiger partial charge on any atom is 0.416 e. The van der Waals surface area contributed by atoms with E-state index in [1.165, 1.54) is 38.0 Å². The van der Waals surface area contributed by atoms with E-state index in [1.54, 1.807) is 4.90 Å². The molecule has 5 atom stereocenters. The van der Waals surface area contributed by atoms with Gasteiger partial charge in [-0.3, -0.25) is 14.5 Å². The molecule has 5 aliphatic rings. The van der Waals surface area contributed by atoms with Crippen LogP contribution in [0.15, 0.2) is 30.3 Å². The summed E-state index contributed by atoms with van der Waals surface area (Å²) < 4.78 is 51.6. The molecule has 7 rings (SSSR count). The Morgan fingerprint density at radius 1 is 1.17 bits per heavy atom. The van der Waals surface area contributed by atoms with Gasteiger partial charge >= 0.3 is 12.1 Å². The normalized spacial score (nSPS) is 27.7. The molecular weight excluding hydrogens is 597 g/mol. The Kier molecular flexibility index (Phi) is 7.54. The molecule has 244 valence electrons. The minimum absolute atomic E-state index is 0.106. The Labute approximate surface area is 267 Å². The lowest BCUT2D eigenvalue weighted by atomic mass is 9.50. The summed E-state index contributed by atoms with van der Waals surface area (Å²) in [4.78, 5) is 30.4. The van der Waals surface area contributed by atoms with Crippen LogP contribution in [-0.4, -0.2) is 64.6 Å². The van der Waals surface area contributed by atoms with Crippen molar-refractivity contribution in [2.75, 3.05) is 19.6 Å². The Hall–Kier alpha value is -3.71. The van der Waals surface area contributed by atoms with Gasteiger partial charge in [0, 0.05) is 60.1 Å². The van der Waals surface area contributed by atoms with Crippen molar-refractivity contribution in [1.29, 1.82) is 0 Å². The summed E-state index contributed by atoms with van der Waals surface area (Å²) in [7, 11) is 0. The first-order valence-electron chi connectivity index (χ1n) is 16.3. The fourth-order valence-corrected chi connectivity index (χ4v) is 8.76. The predicted octanol–water partition coefficient (Wildman–Crippen LogP) is 5.69. The average Bonchev–Trinajstić information content (AvgIpc) is 3.75. The number of alkyl halides is 3. The molecule has 2 bridgehead atoms. The van der Waals surface area contributed by atoms with E-state index in [2.05, 4.69) is 16.7 Å². The van der Waals surface area contributed by atoms with Crippen molar-refractivity contribution in [2.24, 2.45) is 17.8 Å². The van der Waals surface area contributed by atoms with Crippen LogP contribution in [0.25, 0.3) is 0 Å². The van der Waals surface area contributed by atoms with Crippen LogP contribution in [-0.2, 0) is 27.6 Å². The Morgan fingerprint density at radius 2 is 1.91 bits per heavy atom. The highest BCUT2D eigenvalue weighted by atomic mass is 19.4. The van der Waals surface area contributed by atoms with E-state index in [-0.39, 0.29) is 35.4 Å². The van der Waals surface area contributed by atoms with Crippen molar-refractivity contribution in [2.45, 2.75) is 89.1 Å². The molecule has 2 aromatic carbocycles. The first kappa shape index (κ1) is 30.9. The Bertz CT molecular complexity index is 1620. The molecule has 10 heteroatoms. The van der Waals surface area contributed by atoms with Crippen molar-refractivity contribution in [3.05, 3.63) is 52.6 Å². The molecule has 0 radical (unpaired) electrons. The van der Waals surface area contributed by atoms with E-state index >= 15 is 0 Å². The number of hydrogen-bond acceptors (Lipinski definition) is 6. The van der Waals surface area contributed by atoms with Gasteiger partial charge in [-0.1, -0.05) is 19.8 Å². The highest BCUT2D eigenvalue weighted by molar-refractivity contribution is 5.94. The molecular formula is C36H39F3N2O5. The summed E-state index contributed by atoms with van der Waals surface area (Å²) in [5.74, 6) is 6.47. The average molecular weight is 637 g/mol. The van der Waals surface area contributed by atoms with Gasteiger partial charge in [0.2, 0.25) is 0 Å². The number of piperidine rings is 1. The number of carbonyl (C=O) groups excluding carboxylic acids is 2. The van der Waals surface area contributed by atoms with Crippen LogP contribution in [0.3, 0.4) is 0 Å². The smallest absolute Gasteiger partial charge is 0.416 e. The van der Waals surface area contributed by atoms with E-state index in [0.29, 0.717) is 30.7 Å². The van der Waals surface area contributed by atoms with Crippen LogP contribution in [0, 0.1) is 29.6 Å². The molecule has 46 heavy (non-hydrogen) atoms. The molecule has 1 N–H and O–H groups in total. The van der Waals surface area contributed by atoms with E-state index in [4.69, 9.17) is 9.47 Å². The fraction of sp³-hybridized carbons (Fsp3) is 0.556. The van der Waals surface area contributed by atoms with Crippen LogP contribution < -0.4 is 9.47 Å². The van der Waals surface area contributed by atoms with Crippen LogP contribution >= 0.6 is 0 Å². The van der Waals surface area contributed by atoms with Gasteiger partial charge in [-0.05, 0) is 87.1 Å². The zero-order chi connectivity index (χ0) is 32.5. The highest BCUT2D eigenvalue weighted by Gasteiger charge is 2.67. The molecule has 1 saturated heterocycles. The minimum Gasteiger partial charge on any atom is -0.508 e. The lowest BCUT2D eigenvalue weighted by Gasteiger charge is -2.60. The van der Waals surface area contributed by atoms with Crippen LogP contribution in [0.2, 0.25) is 0 Å². The summed E-state index contributed by atoms with van der Waals surface area (Å²) >= 11 is 0. The molecule has 2 aliphatic heterocycles. The van der Waals surface area contributed by atoms with Crippen molar-refractivity contribution in [3.8, 4) is 29.1 Å². The number of phenols is 1. The number of phenolic OH excluding ortho intramolecular Hbond substituents is 1. The van der Waals surface area contributed by atoms with Crippen molar-refractivity contribution in [3.63, 3.8) is 0 Å². The van der Waals surface area contributed by atoms with Gasteiger partial charge in [0.05, 0.1) is 11.6 Å². The number of likely N-dealkylation sites (tertiary alicyclic amines) is 1. The third-order valence-electron chi connectivity index (χ3n) is 10.7. The topological polar surface area (TPSA) is 79.3 Å². The van der Waals surface area contributed by atoms with Crippen molar-refractivity contribution < 1.29 is 37.3 Å². The van der Waals surface area contributed by atoms with E-state index in [1.807, 2.05) is 13.8 Å². The number of esters is 1. The maximum atomic E-state index is 13.9. The number of rotatable bonds is 6. The van der Waals surface area contributed by atoms with Gasteiger partial charge < -0.3 is 19.5 Å². The van der Waals surface area contributed by atoms with Gasteiger partial charge in [0.25, 0.3) is 5.91 Å². The maximum absolute atomic E-state index is 13.9. The van der Waals surface area contributed by atoms with Gasteiger partial charge in [0.1, 0.15) is 11.9 Å². The number of halogens is 3. The number of carbonyl (C=O) groups is 2. The van der Waals surface area contributed by atoms with Gasteiger partial charge in [-0.15, -0.1) is 0 Å². The third kappa shape index (κ3) is 5.21. The highest BCUT2D eigenvalue weighted by Crippen LogP contribution is 2.66. The quantitative estimate of drug-likeness (QED) is 0.250. The molecule has 2 saturated carbocycles.